The van der Waals surface area contributed by atoms with Crippen molar-refractivity contribution in [3.63, 3.8) is 0 Å². The van der Waals surface area contributed by atoms with Crippen LogP contribution in [0.4, 0.5) is 0 Å². The SMILES string of the molecule is O=C(NC1C2CNCC21)c1cccnc1. The van der Waals surface area contributed by atoms with Crippen molar-refractivity contribution in [1.82, 2.24) is 15.6 Å². The monoisotopic (exact) mass is 203 g/mol. The molecule has 4 nitrogen and oxygen atoms in total. The van der Waals surface area contributed by atoms with Crippen LogP contribution < -0.4 is 10.6 Å². The Balaban J connectivity index is 1.63. The molecule has 1 aromatic heterocycles. The Hall–Kier alpha value is -1.42. The predicted octanol–water partition coefficient (Wildman–Crippen LogP) is 0.0292. The van der Waals surface area contributed by atoms with E-state index >= 15 is 0 Å². The lowest BCUT2D eigenvalue weighted by atomic mass is 10.2. The molecule has 78 valence electrons. The minimum atomic E-state index is 0.00231. The molecule has 1 aliphatic carbocycles. The lowest BCUT2D eigenvalue weighted by Crippen LogP contribution is -2.32. The summed E-state index contributed by atoms with van der Waals surface area (Å²) in [7, 11) is 0. The number of nitrogens with zero attached hydrogens (tertiary/aromatic N) is 1. The van der Waals surface area contributed by atoms with E-state index in [0.29, 0.717) is 23.4 Å². The fourth-order valence-corrected chi connectivity index (χ4v) is 2.36. The first-order valence-corrected chi connectivity index (χ1v) is 5.28. The molecule has 0 spiro atoms. The summed E-state index contributed by atoms with van der Waals surface area (Å²) in [6.07, 6.45) is 3.28. The van der Waals surface area contributed by atoms with Crippen molar-refractivity contribution in [3.8, 4) is 0 Å². The van der Waals surface area contributed by atoms with Crippen molar-refractivity contribution < 1.29 is 4.79 Å². The number of hydrogen-bond donors (Lipinski definition) is 2. The van der Waals surface area contributed by atoms with Crippen molar-refractivity contribution in [2.75, 3.05) is 13.1 Å². The van der Waals surface area contributed by atoms with Gasteiger partial charge in [0.1, 0.15) is 0 Å². The van der Waals surface area contributed by atoms with Crippen LogP contribution >= 0.6 is 0 Å². The lowest BCUT2D eigenvalue weighted by Gasteiger charge is -2.06. The number of carbonyl (C=O) groups excluding carboxylic acids is 1. The van der Waals surface area contributed by atoms with E-state index in [9.17, 15) is 4.79 Å². The number of aromatic nitrogens is 1. The molecule has 3 rings (SSSR count). The van der Waals surface area contributed by atoms with Crippen molar-refractivity contribution in [1.29, 1.82) is 0 Å². The standard InChI is InChI=1S/C11H13N3O/c15-11(7-2-1-3-12-4-7)14-10-8-5-13-6-9(8)10/h1-4,8-10,13H,5-6H2,(H,14,15). The van der Waals surface area contributed by atoms with Crippen molar-refractivity contribution >= 4 is 5.91 Å². The van der Waals surface area contributed by atoms with Crippen LogP contribution in [0.15, 0.2) is 24.5 Å². The third-order valence-corrected chi connectivity index (χ3v) is 3.31. The maximum Gasteiger partial charge on any atom is 0.253 e. The van der Waals surface area contributed by atoms with Crippen LogP contribution in [0.1, 0.15) is 10.4 Å². The van der Waals surface area contributed by atoms with Gasteiger partial charge in [0, 0.05) is 31.5 Å². The van der Waals surface area contributed by atoms with Gasteiger partial charge in [0.2, 0.25) is 0 Å². The highest BCUT2D eigenvalue weighted by Gasteiger charge is 2.53. The number of hydrogen-bond acceptors (Lipinski definition) is 3. The van der Waals surface area contributed by atoms with E-state index in [2.05, 4.69) is 15.6 Å². The number of piperidine rings is 1. The first-order valence-electron chi connectivity index (χ1n) is 5.28. The van der Waals surface area contributed by atoms with Crippen molar-refractivity contribution in [2.45, 2.75) is 6.04 Å². The molecule has 1 aliphatic heterocycles. The molecule has 2 aliphatic rings. The van der Waals surface area contributed by atoms with E-state index < -0.39 is 0 Å². The van der Waals surface area contributed by atoms with E-state index in [0.717, 1.165) is 13.1 Å². The lowest BCUT2D eigenvalue weighted by molar-refractivity contribution is 0.0946. The first kappa shape index (κ1) is 8.85. The van der Waals surface area contributed by atoms with Crippen LogP contribution in [0.2, 0.25) is 0 Å². The maximum absolute atomic E-state index is 11.8. The van der Waals surface area contributed by atoms with Gasteiger partial charge in [-0.3, -0.25) is 9.78 Å². The normalized spacial score (nSPS) is 32.1. The summed E-state index contributed by atoms with van der Waals surface area (Å²) in [6, 6.07) is 3.96. The topological polar surface area (TPSA) is 54.0 Å². The second kappa shape index (κ2) is 3.31. The molecule has 0 radical (unpaired) electrons. The molecule has 1 saturated heterocycles. The van der Waals surface area contributed by atoms with Crippen LogP contribution in [0.5, 0.6) is 0 Å². The number of pyridine rings is 1. The van der Waals surface area contributed by atoms with E-state index in [1.54, 1.807) is 24.5 Å². The molecule has 15 heavy (non-hydrogen) atoms. The fourth-order valence-electron chi connectivity index (χ4n) is 2.36. The van der Waals surface area contributed by atoms with Gasteiger partial charge in [0.05, 0.1) is 5.56 Å². The van der Waals surface area contributed by atoms with Crippen LogP contribution in [0.3, 0.4) is 0 Å². The molecular formula is C11H13N3O. The van der Waals surface area contributed by atoms with Gasteiger partial charge >= 0.3 is 0 Å². The summed E-state index contributed by atoms with van der Waals surface area (Å²) in [5.41, 5.74) is 0.649. The number of amides is 1. The third-order valence-electron chi connectivity index (χ3n) is 3.31. The molecule has 1 saturated carbocycles. The Morgan fingerprint density at radius 1 is 1.47 bits per heavy atom. The van der Waals surface area contributed by atoms with Gasteiger partial charge in [0.25, 0.3) is 5.91 Å². The molecule has 4 heteroatoms. The average molecular weight is 203 g/mol. The van der Waals surface area contributed by atoms with Gasteiger partial charge in [-0.15, -0.1) is 0 Å². The Bertz CT molecular complexity index is 369. The predicted molar refractivity (Wildman–Crippen MR) is 55.3 cm³/mol. The van der Waals surface area contributed by atoms with Gasteiger partial charge in [-0.1, -0.05) is 0 Å². The van der Waals surface area contributed by atoms with Crippen LogP contribution in [0, 0.1) is 11.8 Å². The highest BCUT2D eigenvalue weighted by atomic mass is 16.1. The first-order chi connectivity index (χ1) is 7.36. The zero-order chi connectivity index (χ0) is 10.3. The van der Waals surface area contributed by atoms with E-state index in [4.69, 9.17) is 0 Å². The smallest absolute Gasteiger partial charge is 0.253 e. The molecule has 2 heterocycles. The number of rotatable bonds is 2. The molecular weight excluding hydrogens is 190 g/mol. The zero-order valence-electron chi connectivity index (χ0n) is 8.31. The summed E-state index contributed by atoms with van der Waals surface area (Å²) in [5, 5.41) is 6.35. The Morgan fingerprint density at radius 2 is 2.27 bits per heavy atom. The van der Waals surface area contributed by atoms with Gasteiger partial charge in [-0.05, 0) is 24.0 Å². The van der Waals surface area contributed by atoms with E-state index in [1.165, 1.54) is 0 Å². The summed E-state index contributed by atoms with van der Waals surface area (Å²) in [5.74, 6) is 1.32. The molecule has 2 unspecified atom stereocenters. The average Bonchev–Trinajstić information content (AvgIpc) is 2.75. The largest absolute Gasteiger partial charge is 0.349 e. The Labute approximate surface area is 88.1 Å². The number of nitrogens with one attached hydrogen (secondary N) is 2. The third kappa shape index (κ3) is 1.51. The Morgan fingerprint density at radius 3 is 2.93 bits per heavy atom. The zero-order valence-corrected chi connectivity index (χ0v) is 8.31. The maximum atomic E-state index is 11.8. The van der Waals surface area contributed by atoms with Gasteiger partial charge in [-0.25, -0.2) is 0 Å². The highest BCUT2D eigenvalue weighted by Crippen LogP contribution is 2.41. The molecule has 2 atom stereocenters. The minimum absolute atomic E-state index is 0.00231. The Kier molecular flexibility index (Phi) is 1.95. The molecule has 2 fully saturated rings. The van der Waals surface area contributed by atoms with E-state index in [-0.39, 0.29) is 5.91 Å². The molecule has 2 N–H and O–H groups in total. The van der Waals surface area contributed by atoms with E-state index in [1.807, 2.05) is 0 Å². The second-order valence-corrected chi connectivity index (χ2v) is 4.23. The van der Waals surface area contributed by atoms with Crippen LogP contribution in [-0.4, -0.2) is 30.0 Å². The second-order valence-electron chi connectivity index (χ2n) is 4.23. The number of carbonyl (C=O) groups is 1. The molecule has 1 amide bonds. The van der Waals surface area contributed by atoms with Gasteiger partial charge in [-0.2, -0.15) is 0 Å². The summed E-state index contributed by atoms with van der Waals surface area (Å²) < 4.78 is 0. The summed E-state index contributed by atoms with van der Waals surface area (Å²) >= 11 is 0. The summed E-state index contributed by atoms with van der Waals surface area (Å²) in [4.78, 5) is 15.7. The van der Waals surface area contributed by atoms with Gasteiger partial charge in [0.15, 0.2) is 0 Å². The fraction of sp³-hybridized carbons (Fsp3) is 0.455. The number of fused-ring (bicyclic) bond motifs is 1. The molecule has 1 aromatic rings. The van der Waals surface area contributed by atoms with Gasteiger partial charge < -0.3 is 10.6 Å². The van der Waals surface area contributed by atoms with Crippen molar-refractivity contribution in [3.05, 3.63) is 30.1 Å². The highest BCUT2D eigenvalue weighted by molar-refractivity contribution is 5.94. The minimum Gasteiger partial charge on any atom is -0.349 e. The molecule has 0 aromatic carbocycles. The van der Waals surface area contributed by atoms with Crippen LogP contribution in [-0.2, 0) is 0 Å². The van der Waals surface area contributed by atoms with Crippen LogP contribution in [0.25, 0.3) is 0 Å². The summed E-state index contributed by atoms with van der Waals surface area (Å²) in [6.45, 7) is 2.09. The van der Waals surface area contributed by atoms with Crippen molar-refractivity contribution in [2.24, 2.45) is 11.8 Å². The quantitative estimate of drug-likeness (QED) is 0.713. The molecule has 0 bridgehead atoms.